The standard InChI is InChI=1S/C14H20N4O2S/c1-17-7-5-13(6-8-17)18(2)21(19,20)14-4-3-12(16)9-11(14)10-15/h3-4,9,13H,5-8,16H2,1-2H3. The largest absolute Gasteiger partial charge is 0.399 e. The summed E-state index contributed by atoms with van der Waals surface area (Å²) in [6.45, 7) is 1.74. The van der Waals surface area contributed by atoms with Gasteiger partial charge in [0.05, 0.1) is 5.56 Å². The third-order valence-corrected chi connectivity index (χ3v) is 5.95. The van der Waals surface area contributed by atoms with Crippen molar-refractivity contribution in [3.8, 4) is 6.07 Å². The number of sulfonamides is 1. The first-order valence-corrected chi connectivity index (χ1v) is 8.26. The van der Waals surface area contributed by atoms with Crippen LogP contribution >= 0.6 is 0 Å². The van der Waals surface area contributed by atoms with Crippen molar-refractivity contribution >= 4 is 15.7 Å². The van der Waals surface area contributed by atoms with Gasteiger partial charge in [0.2, 0.25) is 10.0 Å². The fourth-order valence-electron chi connectivity index (χ4n) is 2.57. The van der Waals surface area contributed by atoms with E-state index in [2.05, 4.69) is 4.90 Å². The van der Waals surface area contributed by atoms with Gasteiger partial charge in [0, 0.05) is 18.8 Å². The van der Waals surface area contributed by atoms with Gasteiger partial charge in [-0.3, -0.25) is 0 Å². The van der Waals surface area contributed by atoms with E-state index < -0.39 is 10.0 Å². The van der Waals surface area contributed by atoms with Gasteiger partial charge >= 0.3 is 0 Å². The quantitative estimate of drug-likeness (QED) is 0.836. The average molecular weight is 308 g/mol. The first-order valence-electron chi connectivity index (χ1n) is 6.82. The summed E-state index contributed by atoms with van der Waals surface area (Å²) in [5, 5.41) is 9.14. The first kappa shape index (κ1) is 15.8. The number of benzene rings is 1. The second-order valence-electron chi connectivity index (χ2n) is 5.42. The topological polar surface area (TPSA) is 90.4 Å². The molecule has 1 aromatic rings. The number of nitrogens with two attached hydrogens (primary N) is 1. The molecule has 2 rings (SSSR count). The molecular weight excluding hydrogens is 288 g/mol. The highest BCUT2D eigenvalue weighted by molar-refractivity contribution is 7.89. The molecule has 21 heavy (non-hydrogen) atoms. The van der Waals surface area contributed by atoms with Crippen LogP contribution in [0.15, 0.2) is 23.1 Å². The molecule has 1 aliphatic heterocycles. The molecule has 1 fully saturated rings. The van der Waals surface area contributed by atoms with Crippen LogP contribution in [0.5, 0.6) is 0 Å². The van der Waals surface area contributed by atoms with Crippen molar-refractivity contribution in [1.29, 1.82) is 5.26 Å². The predicted octanol–water partition coefficient (Wildman–Crippen LogP) is 0.855. The molecule has 0 amide bonds. The van der Waals surface area contributed by atoms with Crippen LogP contribution in [0.4, 0.5) is 5.69 Å². The third-order valence-electron chi connectivity index (χ3n) is 3.98. The summed E-state index contributed by atoms with van der Waals surface area (Å²) in [5.74, 6) is 0. The molecule has 0 radical (unpaired) electrons. The second kappa shape index (κ2) is 6.02. The molecule has 0 bridgehead atoms. The summed E-state index contributed by atoms with van der Waals surface area (Å²) < 4.78 is 26.8. The monoisotopic (exact) mass is 308 g/mol. The molecule has 1 saturated heterocycles. The SMILES string of the molecule is CN1CCC(N(C)S(=O)(=O)c2ccc(N)cc2C#N)CC1. The zero-order valence-electron chi connectivity index (χ0n) is 12.3. The summed E-state index contributed by atoms with van der Waals surface area (Å²) in [6, 6.07) is 6.20. The lowest BCUT2D eigenvalue weighted by Gasteiger charge is -2.34. The van der Waals surface area contributed by atoms with Gasteiger partial charge in [0.1, 0.15) is 11.0 Å². The maximum Gasteiger partial charge on any atom is 0.244 e. The van der Waals surface area contributed by atoms with Gasteiger partial charge < -0.3 is 10.6 Å². The van der Waals surface area contributed by atoms with Gasteiger partial charge in [0.25, 0.3) is 0 Å². The van der Waals surface area contributed by atoms with Crippen LogP contribution < -0.4 is 5.73 Å². The number of rotatable bonds is 3. The van der Waals surface area contributed by atoms with Crippen LogP contribution in [0.3, 0.4) is 0 Å². The Morgan fingerprint density at radius 3 is 2.57 bits per heavy atom. The molecule has 7 heteroatoms. The van der Waals surface area contributed by atoms with Gasteiger partial charge in [-0.1, -0.05) is 0 Å². The van der Waals surface area contributed by atoms with Crippen molar-refractivity contribution in [2.75, 3.05) is 32.9 Å². The molecular formula is C14H20N4O2S. The predicted molar refractivity (Wildman–Crippen MR) is 81.0 cm³/mol. The lowest BCUT2D eigenvalue weighted by molar-refractivity contribution is 0.197. The Balaban J connectivity index is 2.32. The molecule has 2 N–H and O–H groups in total. The molecule has 0 spiro atoms. The second-order valence-corrected chi connectivity index (χ2v) is 7.39. The Kier molecular flexibility index (Phi) is 4.52. The Labute approximate surface area is 125 Å². The van der Waals surface area contributed by atoms with Crippen molar-refractivity contribution in [1.82, 2.24) is 9.21 Å². The smallest absolute Gasteiger partial charge is 0.244 e. The van der Waals surface area contributed by atoms with Crippen LogP contribution in [-0.4, -0.2) is 50.8 Å². The van der Waals surface area contributed by atoms with E-state index in [1.54, 1.807) is 7.05 Å². The molecule has 0 saturated carbocycles. The van der Waals surface area contributed by atoms with Gasteiger partial charge in [-0.05, 0) is 51.2 Å². The maximum atomic E-state index is 12.7. The average Bonchev–Trinajstić information content (AvgIpc) is 2.46. The highest BCUT2D eigenvalue weighted by Gasteiger charge is 2.31. The van der Waals surface area contributed by atoms with Crippen molar-refractivity contribution in [3.63, 3.8) is 0 Å². The Hall–Kier alpha value is -1.62. The molecule has 114 valence electrons. The molecule has 0 unspecified atom stereocenters. The first-order chi connectivity index (χ1) is 9.86. The third kappa shape index (κ3) is 3.18. The zero-order valence-corrected chi connectivity index (χ0v) is 13.1. The van der Waals surface area contributed by atoms with E-state index >= 15 is 0 Å². The van der Waals surface area contributed by atoms with Crippen LogP contribution in [0.1, 0.15) is 18.4 Å². The molecule has 6 nitrogen and oxygen atoms in total. The fraction of sp³-hybridized carbons (Fsp3) is 0.500. The van der Waals surface area contributed by atoms with Gasteiger partial charge in [-0.2, -0.15) is 9.57 Å². The Morgan fingerprint density at radius 2 is 2.00 bits per heavy atom. The Morgan fingerprint density at radius 1 is 1.38 bits per heavy atom. The number of piperidine rings is 1. The normalized spacial score (nSPS) is 17.8. The molecule has 1 heterocycles. The van der Waals surface area contributed by atoms with Gasteiger partial charge in [0.15, 0.2) is 0 Å². The summed E-state index contributed by atoms with van der Waals surface area (Å²) in [5.41, 5.74) is 6.09. The number of nitrogen functional groups attached to an aromatic ring is 1. The molecule has 0 aliphatic carbocycles. The lowest BCUT2D eigenvalue weighted by Crippen LogP contribution is -2.44. The van der Waals surface area contributed by atoms with E-state index in [0.717, 1.165) is 25.9 Å². The summed E-state index contributed by atoms with van der Waals surface area (Å²) in [7, 11) is -0.0664. The summed E-state index contributed by atoms with van der Waals surface area (Å²) >= 11 is 0. The van der Waals surface area contributed by atoms with E-state index in [-0.39, 0.29) is 16.5 Å². The molecule has 0 aromatic heterocycles. The molecule has 1 aliphatic rings. The van der Waals surface area contributed by atoms with Crippen LogP contribution in [-0.2, 0) is 10.0 Å². The van der Waals surface area contributed by atoms with Crippen molar-refractivity contribution in [2.45, 2.75) is 23.8 Å². The van der Waals surface area contributed by atoms with Crippen LogP contribution in [0.25, 0.3) is 0 Å². The maximum absolute atomic E-state index is 12.7. The minimum absolute atomic E-state index is 0.0284. The van der Waals surface area contributed by atoms with Gasteiger partial charge in [-0.25, -0.2) is 8.42 Å². The number of hydrogen-bond acceptors (Lipinski definition) is 5. The van der Waals surface area contributed by atoms with Crippen LogP contribution in [0.2, 0.25) is 0 Å². The minimum Gasteiger partial charge on any atom is -0.399 e. The van der Waals surface area contributed by atoms with Crippen molar-refractivity contribution < 1.29 is 8.42 Å². The number of nitriles is 1. The highest BCUT2D eigenvalue weighted by Crippen LogP contribution is 2.25. The van der Waals surface area contributed by atoms with E-state index in [1.165, 1.54) is 22.5 Å². The van der Waals surface area contributed by atoms with Crippen molar-refractivity contribution in [2.24, 2.45) is 0 Å². The van der Waals surface area contributed by atoms with Crippen LogP contribution in [0, 0.1) is 11.3 Å². The fourth-order valence-corrected chi connectivity index (χ4v) is 4.11. The summed E-state index contributed by atoms with van der Waals surface area (Å²) in [6.07, 6.45) is 1.59. The number of anilines is 1. The van der Waals surface area contributed by atoms with Gasteiger partial charge in [-0.15, -0.1) is 0 Å². The number of hydrogen-bond donors (Lipinski definition) is 1. The van der Waals surface area contributed by atoms with E-state index in [0.29, 0.717) is 5.69 Å². The molecule has 1 aromatic carbocycles. The lowest BCUT2D eigenvalue weighted by atomic mass is 10.1. The highest BCUT2D eigenvalue weighted by atomic mass is 32.2. The van der Waals surface area contributed by atoms with E-state index in [4.69, 9.17) is 11.0 Å². The van der Waals surface area contributed by atoms with Crippen molar-refractivity contribution in [3.05, 3.63) is 23.8 Å². The Bertz CT molecular complexity index is 658. The zero-order chi connectivity index (χ0) is 15.6. The number of nitrogens with zero attached hydrogens (tertiary/aromatic N) is 3. The minimum atomic E-state index is -3.68. The van der Waals surface area contributed by atoms with E-state index in [1.807, 2.05) is 13.1 Å². The summed E-state index contributed by atoms with van der Waals surface area (Å²) in [4.78, 5) is 2.21. The van der Waals surface area contributed by atoms with E-state index in [9.17, 15) is 8.42 Å². The number of likely N-dealkylation sites (tertiary alicyclic amines) is 1. The molecule has 0 atom stereocenters.